The van der Waals surface area contributed by atoms with E-state index in [4.69, 9.17) is 9.47 Å². The van der Waals surface area contributed by atoms with E-state index in [-0.39, 0.29) is 12.6 Å². The van der Waals surface area contributed by atoms with E-state index in [0.29, 0.717) is 19.6 Å². The highest BCUT2D eigenvalue weighted by Gasteiger charge is 2.13. The minimum Gasteiger partial charge on any atom is -0.457 e. The summed E-state index contributed by atoms with van der Waals surface area (Å²) in [5, 5.41) is 9.60. The molecule has 1 N–H and O–H groups in total. The van der Waals surface area contributed by atoms with Crippen LogP contribution >= 0.6 is 0 Å². The quantitative estimate of drug-likeness (QED) is 0.0393. The van der Waals surface area contributed by atoms with E-state index in [1.54, 1.807) is 0 Å². The molecular weight excluding hydrogens is 617 g/mol. The van der Waals surface area contributed by atoms with Crippen LogP contribution in [0.5, 0.6) is 0 Å². The topological polar surface area (TPSA) is 55.8 Å². The van der Waals surface area contributed by atoms with E-state index in [1.807, 2.05) is 0 Å². The van der Waals surface area contributed by atoms with E-state index in [2.05, 4.69) is 62.5 Å². The van der Waals surface area contributed by atoms with Gasteiger partial charge in [0.15, 0.2) is 0 Å². The molecular formula is C46H84O4. The summed E-state index contributed by atoms with van der Waals surface area (Å²) >= 11 is 0. The van der Waals surface area contributed by atoms with Crippen LogP contribution in [0.25, 0.3) is 0 Å². The van der Waals surface area contributed by atoms with Crippen molar-refractivity contribution in [2.75, 3.05) is 19.8 Å². The van der Waals surface area contributed by atoms with Crippen molar-refractivity contribution in [3.63, 3.8) is 0 Å². The van der Waals surface area contributed by atoms with Crippen LogP contribution in [0.15, 0.2) is 48.6 Å². The molecule has 0 spiro atoms. The maximum absolute atomic E-state index is 12.2. The van der Waals surface area contributed by atoms with Crippen molar-refractivity contribution < 1.29 is 19.4 Å². The first-order chi connectivity index (χ1) is 24.7. The van der Waals surface area contributed by atoms with Gasteiger partial charge in [0.1, 0.15) is 6.10 Å². The van der Waals surface area contributed by atoms with E-state index in [9.17, 15) is 9.90 Å². The van der Waals surface area contributed by atoms with Crippen LogP contribution in [0, 0.1) is 0 Å². The van der Waals surface area contributed by atoms with Gasteiger partial charge in [-0.1, -0.05) is 204 Å². The van der Waals surface area contributed by atoms with Gasteiger partial charge >= 0.3 is 5.97 Å². The van der Waals surface area contributed by atoms with Gasteiger partial charge in [-0.2, -0.15) is 0 Å². The average molecular weight is 701 g/mol. The van der Waals surface area contributed by atoms with Crippen molar-refractivity contribution in [2.45, 2.75) is 219 Å². The first-order valence-corrected chi connectivity index (χ1v) is 21.7. The molecule has 0 aromatic heterocycles. The fraction of sp³-hybridized carbons (Fsp3) is 0.804. The molecule has 50 heavy (non-hydrogen) atoms. The summed E-state index contributed by atoms with van der Waals surface area (Å²) in [5.74, 6) is -0.204. The third-order valence-electron chi connectivity index (χ3n) is 9.42. The highest BCUT2D eigenvalue weighted by atomic mass is 16.6. The van der Waals surface area contributed by atoms with Crippen LogP contribution in [-0.2, 0) is 14.3 Å². The number of carbonyl (C=O) groups excluding carboxylic acids is 1. The first kappa shape index (κ1) is 48.3. The van der Waals surface area contributed by atoms with Crippen molar-refractivity contribution >= 4 is 5.97 Å². The summed E-state index contributed by atoms with van der Waals surface area (Å²) in [6, 6.07) is 0. The van der Waals surface area contributed by atoms with Crippen molar-refractivity contribution in [3.05, 3.63) is 48.6 Å². The van der Waals surface area contributed by atoms with Crippen LogP contribution in [0.2, 0.25) is 0 Å². The third kappa shape index (κ3) is 40.8. The predicted molar refractivity (Wildman–Crippen MR) is 219 cm³/mol. The van der Waals surface area contributed by atoms with Crippen LogP contribution < -0.4 is 0 Å². The van der Waals surface area contributed by atoms with Gasteiger partial charge < -0.3 is 14.6 Å². The van der Waals surface area contributed by atoms with Gasteiger partial charge in [-0.3, -0.25) is 4.79 Å². The number of rotatable bonds is 40. The summed E-state index contributed by atoms with van der Waals surface area (Å²) in [7, 11) is 0. The minimum atomic E-state index is -0.534. The fourth-order valence-corrected chi connectivity index (χ4v) is 6.20. The zero-order valence-corrected chi connectivity index (χ0v) is 33.4. The normalized spacial score (nSPS) is 12.8. The Hall–Kier alpha value is -1.65. The summed E-state index contributed by atoms with van der Waals surface area (Å²) in [6.07, 6.45) is 56.0. The Bertz CT molecular complexity index is 783. The van der Waals surface area contributed by atoms with E-state index in [1.165, 1.54) is 148 Å². The Morgan fingerprint density at radius 3 is 1.36 bits per heavy atom. The Morgan fingerprint density at radius 2 is 0.900 bits per heavy atom. The second-order valence-corrected chi connectivity index (χ2v) is 14.4. The summed E-state index contributed by atoms with van der Waals surface area (Å²) in [6.45, 7) is 5.25. The lowest BCUT2D eigenvalue weighted by Gasteiger charge is -2.16. The third-order valence-corrected chi connectivity index (χ3v) is 9.42. The molecule has 0 aromatic carbocycles. The SMILES string of the molecule is CC/C=C\C/C=C\C/C=C\C/C=C\CCCCCCCCCCCCC(=O)OC(CO)COCCCCCCCCCCCCCCCCC. The first-order valence-electron chi connectivity index (χ1n) is 21.7. The predicted octanol–water partition coefficient (Wildman–Crippen LogP) is 14.3. The van der Waals surface area contributed by atoms with Gasteiger partial charge in [0.2, 0.25) is 0 Å². The minimum absolute atomic E-state index is 0.172. The highest BCUT2D eigenvalue weighted by Crippen LogP contribution is 2.15. The maximum Gasteiger partial charge on any atom is 0.306 e. The van der Waals surface area contributed by atoms with Crippen LogP contribution in [0.4, 0.5) is 0 Å². The molecule has 1 unspecified atom stereocenters. The molecule has 1 atom stereocenters. The summed E-state index contributed by atoms with van der Waals surface area (Å²) < 4.78 is 11.2. The molecule has 0 amide bonds. The van der Waals surface area contributed by atoms with Crippen molar-refractivity contribution in [1.29, 1.82) is 0 Å². The van der Waals surface area contributed by atoms with Crippen molar-refractivity contribution in [3.8, 4) is 0 Å². The van der Waals surface area contributed by atoms with Gasteiger partial charge in [-0.15, -0.1) is 0 Å². The number of esters is 1. The summed E-state index contributed by atoms with van der Waals surface area (Å²) in [4.78, 5) is 12.2. The van der Waals surface area contributed by atoms with Crippen LogP contribution in [0.3, 0.4) is 0 Å². The average Bonchev–Trinajstić information content (AvgIpc) is 3.12. The number of hydrogen-bond acceptors (Lipinski definition) is 4. The number of carbonyl (C=O) groups is 1. The molecule has 0 bridgehead atoms. The van der Waals surface area contributed by atoms with Crippen LogP contribution in [0.1, 0.15) is 213 Å². The lowest BCUT2D eigenvalue weighted by atomic mass is 10.0. The number of aliphatic hydroxyl groups is 1. The smallest absolute Gasteiger partial charge is 0.306 e. The highest BCUT2D eigenvalue weighted by molar-refractivity contribution is 5.69. The fourth-order valence-electron chi connectivity index (χ4n) is 6.20. The molecule has 0 heterocycles. The van der Waals surface area contributed by atoms with Gasteiger partial charge in [0.25, 0.3) is 0 Å². The lowest BCUT2D eigenvalue weighted by molar-refractivity contribution is -0.154. The Balaban J connectivity index is 3.43. The second-order valence-electron chi connectivity index (χ2n) is 14.4. The molecule has 0 fully saturated rings. The van der Waals surface area contributed by atoms with E-state index >= 15 is 0 Å². The number of allylic oxidation sites excluding steroid dienone is 8. The van der Waals surface area contributed by atoms with Crippen molar-refractivity contribution in [2.24, 2.45) is 0 Å². The molecule has 0 aliphatic heterocycles. The molecule has 0 aliphatic rings. The Morgan fingerprint density at radius 1 is 0.500 bits per heavy atom. The second kappa shape index (κ2) is 43.5. The molecule has 0 saturated carbocycles. The number of unbranched alkanes of at least 4 members (excludes halogenated alkanes) is 24. The Labute approximate surface area is 312 Å². The van der Waals surface area contributed by atoms with Gasteiger partial charge in [-0.05, 0) is 51.4 Å². The number of ether oxygens (including phenoxy) is 2. The zero-order chi connectivity index (χ0) is 36.3. The molecule has 4 heteroatoms. The summed E-state index contributed by atoms with van der Waals surface area (Å²) in [5.41, 5.74) is 0. The lowest BCUT2D eigenvalue weighted by Crippen LogP contribution is -2.27. The molecule has 292 valence electrons. The van der Waals surface area contributed by atoms with Gasteiger partial charge in [0, 0.05) is 13.0 Å². The Kier molecular flexibility index (Phi) is 42.1. The number of aliphatic hydroxyl groups excluding tert-OH is 1. The van der Waals surface area contributed by atoms with Gasteiger partial charge in [-0.25, -0.2) is 0 Å². The number of hydrogen-bond donors (Lipinski definition) is 1. The molecule has 4 nitrogen and oxygen atoms in total. The largest absolute Gasteiger partial charge is 0.457 e. The molecule has 0 saturated heterocycles. The standard InChI is InChI=1S/C46H84O4/c1-3-5-7-9-11-13-15-17-19-20-21-22-23-24-25-26-27-29-31-33-35-37-39-41-46(48)50-45(43-47)44-49-42-40-38-36-34-32-30-28-18-16-14-12-10-8-6-4-2/h5,7,11,13,17,19,21-22,45,47H,3-4,6,8-10,12,14-16,18,20,23-44H2,1-2H3/b7-5-,13-11-,19-17-,22-21-. The monoisotopic (exact) mass is 701 g/mol. The zero-order valence-electron chi connectivity index (χ0n) is 33.4. The van der Waals surface area contributed by atoms with E-state index < -0.39 is 6.10 Å². The van der Waals surface area contributed by atoms with Crippen LogP contribution in [-0.4, -0.2) is 37.0 Å². The van der Waals surface area contributed by atoms with Gasteiger partial charge in [0.05, 0.1) is 13.2 Å². The van der Waals surface area contributed by atoms with E-state index in [0.717, 1.165) is 44.9 Å². The molecule has 0 radical (unpaired) electrons. The maximum atomic E-state index is 12.2. The van der Waals surface area contributed by atoms with Crippen molar-refractivity contribution in [1.82, 2.24) is 0 Å². The molecule has 0 aliphatic carbocycles. The molecule has 0 aromatic rings. The molecule has 0 rings (SSSR count).